The molecule has 0 saturated carbocycles. The normalized spacial score (nSPS) is 18.7. The van der Waals surface area contributed by atoms with E-state index in [4.69, 9.17) is 14.6 Å². The molecule has 2 aliphatic rings. The fraction of sp³-hybridized carbons (Fsp3) is 0.389. The molecule has 2 aromatic rings. The van der Waals surface area contributed by atoms with Gasteiger partial charge in [-0.2, -0.15) is 5.10 Å². The van der Waals surface area contributed by atoms with Crippen LogP contribution in [-0.4, -0.2) is 58.5 Å². The maximum Gasteiger partial charge on any atom is 0.356 e. The number of carboxylic acid groups (broad SMARTS) is 1. The van der Waals surface area contributed by atoms with Gasteiger partial charge in [0.1, 0.15) is 17.2 Å². The van der Waals surface area contributed by atoms with Crippen molar-refractivity contribution in [2.45, 2.75) is 13.0 Å². The van der Waals surface area contributed by atoms with Crippen molar-refractivity contribution < 1.29 is 24.2 Å². The molecule has 8 heteroatoms. The van der Waals surface area contributed by atoms with Gasteiger partial charge in [-0.3, -0.25) is 9.48 Å². The van der Waals surface area contributed by atoms with Gasteiger partial charge in [0.25, 0.3) is 5.91 Å². The minimum atomic E-state index is -1.13. The number of nitrogens with zero attached hydrogens (tertiary/aromatic N) is 3. The zero-order valence-corrected chi connectivity index (χ0v) is 14.3. The van der Waals surface area contributed by atoms with E-state index in [1.807, 2.05) is 18.2 Å². The van der Waals surface area contributed by atoms with Crippen molar-refractivity contribution in [2.24, 2.45) is 5.92 Å². The molecule has 136 valence electrons. The van der Waals surface area contributed by atoms with E-state index in [1.54, 1.807) is 12.0 Å². The maximum absolute atomic E-state index is 12.7. The number of hydrogen-bond donors (Lipinski definition) is 1. The van der Waals surface area contributed by atoms with Gasteiger partial charge in [-0.15, -0.1) is 0 Å². The Morgan fingerprint density at radius 2 is 2.23 bits per heavy atom. The van der Waals surface area contributed by atoms with Crippen LogP contribution in [0, 0.1) is 5.92 Å². The average molecular weight is 357 g/mol. The maximum atomic E-state index is 12.7. The average Bonchev–Trinajstić information content (AvgIpc) is 3.09. The predicted molar refractivity (Wildman–Crippen MR) is 90.8 cm³/mol. The van der Waals surface area contributed by atoms with E-state index in [2.05, 4.69) is 5.10 Å². The van der Waals surface area contributed by atoms with Crippen LogP contribution in [0.3, 0.4) is 0 Å². The van der Waals surface area contributed by atoms with Gasteiger partial charge in [-0.25, -0.2) is 4.79 Å². The first-order chi connectivity index (χ1) is 12.5. The molecule has 0 radical (unpaired) electrons. The molecule has 3 heterocycles. The first-order valence-electron chi connectivity index (χ1n) is 8.45. The largest absolute Gasteiger partial charge is 0.497 e. The lowest BCUT2D eigenvalue weighted by Gasteiger charge is -2.33. The molecule has 1 unspecified atom stereocenters. The molecule has 0 aliphatic carbocycles. The predicted octanol–water partition coefficient (Wildman–Crippen LogP) is 1.30. The summed E-state index contributed by atoms with van der Waals surface area (Å²) in [5.74, 6) is 0.467. The van der Waals surface area contributed by atoms with Gasteiger partial charge in [0.2, 0.25) is 0 Å². The standard InChI is InChI=1S/C18H19N3O5/c1-25-13-3-2-12-6-11(10-26-16(12)7-13)9-20-4-5-21-15(17(20)22)8-14(19-21)18(23)24/h2-3,7-8,11H,4-6,9-10H2,1H3,(H,23,24). The minimum Gasteiger partial charge on any atom is -0.497 e. The number of aromatic nitrogens is 2. The Morgan fingerprint density at radius 3 is 3.00 bits per heavy atom. The first-order valence-corrected chi connectivity index (χ1v) is 8.45. The summed E-state index contributed by atoms with van der Waals surface area (Å²) in [5, 5.41) is 13.0. The van der Waals surface area contributed by atoms with E-state index in [-0.39, 0.29) is 17.5 Å². The summed E-state index contributed by atoms with van der Waals surface area (Å²) < 4.78 is 12.5. The van der Waals surface area contributed by atoms with Gasteiger partial charge < -0.3 is 19.5 Å². The lowest BCUT2D eigenvalue weighted by molar-refractivity contribution is 0.0630. The number of ether oxygens (including phenoxy) is 2. The highest BCUT2D eigenvalue weighted by Crippen LogP contribution is 2.31. The van der Waals surface area contributed by atoms with E-state index in [0.29, 0.717) is 31.9 Å². The smallest absolute Gasteiger partial charge is 0.356 e. The van der Waals surface area contributed by atoms with Crippen LogP contribution in [0.15, 0.2) is 24.3 Å². The Morgan fingerprint density at radius 1 is 1.38 bits per heavy atom. The van der Waals surface area contributed by atoms with Gasteiger partial charge in [0.15, 0.2) is 5.69 Å². The summed E-state index contributed by atoms with van der Waals surface area (Å²) in [6.45, 7) is 2.11. The van der Waals surface area contributed by atoms with Crippen LogP contribution in [0.25, 0.3) is 0 Å². The molecule has 1 aromatic carbocycles. The highest BCUT2D eigenvalue weighted by atomic mass is 16.5. The molecule has 0 spiro atoms. The fourth-order valence-corrected chi connectivity index (χ4v) is 3.49. The van der Waals surface area contributed by atoms with Crippen molar-refractivity contribution in [1.82, 2.24) is 14.7 Å². The topological polar surface area (TPSA) is 93.9 Å². The van der Waals surface area contributed by atoms with Gasteiger partial charge in [0.05, 0.1) is 20.3 Å². The third-order valence-corrected chi connectivity index (χ3v) is 4.82. The molecule has 4 rings (SSSR count). The Balaban J connectivity index is 1.46. The summed E-state index contributed by atoms with van der Waals surface area (Å²) in [4.78, 5) is 25.5. The molecule has 1 atom stereocenters. The summed E-state index contributed by atoms with van der Waals surface area (Å²) in [5.41, 5.74) is 1.33. The second kappa shape index (κ2) is 6.36. The highest BCUT2D eigenvalue weighted by molar-refractivity contribution is 5.96. The van der Waals surface area contributed by atoms with Crippen molar-refractivity contribution in [1.29, 1.82) is 0 Å². The quantitative estimate of drug-likeness (QED) is 0.886. The third-order valence-electron chi connectivity index (χ3n) is 4.82. The van der Waals surface area contributed by atoms with Crippen LogP contribution in [0.5, 0.6) is 11.5 Å². The summed E-state index contributed by atoms with van der Waals surface area (Å²) in [6, 6.07) is 7.12. The Bertz CT molecular complexity index is 876. The molecule has 0 saturated heterocycles. The van der Waals surface area contributed by atoms with Crippen LogP contribution < -0.4 is 9.47 Å². The number of carbonyl (C=O) groups is 2. The van der Waals surface area contributed by atoms with Crippen LogP contribution in [-0.2, 0) is 13.0 Å². The number of amides is 1. The van der Waals surface area contributed by atoms with Crippen molar-refractivity contribution >= 4 is 11.9 Å². The van der Waals surface area contributed by atoms with Crippen LogP contribution >= 0.6 is 0 Å². The van der Waals surface area contributed by atoms with E-state index in [1.165, 1.54) is 10.7 Å². The number of fused-ring (bicyclic) bond motifs is 2. The highest BCUT2D eigenvalue weighted by Gasteiger charge is 2.31. The molecular formula is C18H19N3O5. The second-order valence-electron chi connectivity index (χ2n) is 6.55. The fourth-order valence-electron chi connectivity index (χ4n) is 3.49. The minimum absolute atomic E-state index is 0.0981. The zero-order valence-electron chi connectivity index (χ0n) is 14.3. The van der Waals surface area contributed by atoms with E-state index >= 15 is 0 Å². The molecule has 1 N–H and O–H groups in total. The monoisotopic (exact) mass is 357 g/mol. The Kier molecular flexibility index (Phi) is 4.02. The number of carboxylic acids is 1. The number of carbonyl (C=O) groups excluding carboxylic acids is 1. The summed E-state index contributed by atoms with van der Waals surface area (Å²) in [6.07, 6.45) is 0.822. The Hall–Kier alpha value is -3.03. The number of methoxy groups -OCH3 is 1. The number of aromatic carboxylic acids is 1. The summed E-state index contributed by atoms with van der Waals surface area (Å²) >= 11 is 0. The van der Waals surface area contributed by atoms with E-state index in [0.717, 1.165) is 23.5 Å². The second-order valence-corrected chi connectivity index (χ2v) is 6.55. The van der Waals surface area contributed by atoms with Crippen LogP contribution in [0.1, 0.15) is 26.5 Å². The van der Waals surface area contributed by atoms with Crippen molar-refractivity contribution in [3.63, 3.8) is 0 Å². The van der Waals surface area contributed by atoms with Gasteiger partial charge >= 0.3 is 5.97 Å². The lowest BCUT2D eigenvalue weighted by atomic mass is 9.95. The molecule has 1 aromatic heterocycles. The van der Waals surface area contributed by atoms with Gasteiger partial charge in [-0.05, 0) is 18.1 Å². The molecule has 2 aliphatic heterocycles. The SMILES string of the molecule is COc1ccc2c(c1)OCC(CN1CCn3nc(C(=O)O)cc3C1=O)C2. The number of hydrogen-bond acceptors (Lipinski definition) is 5. The molecular weight excluding hydrogens is 338 g/mol. The van der Waals surface area contributed by atoms with Crippen LogP contribution in [0.4, 0.5) is 0 Å². The van der Waals surface area contributed by atoms with E-state index in [9.17, 15) is 9.59 Å². The molecule has 0 bridgehead atoms. The van der Waals surface area contributed by atoms with Gasteiger partial charge in [-0.1, -0.05) is 6.07 Å². The molecule has 26 heavy (non-hydrogen) atoms. The van der Waals surface area contributed by atoms with Gasteiger partial charge in [0, 0.05) is 31.1 Å². The summed E-state index contributed by atoms with van der Waals surface area (Å²) in [7, 11) is 1.62. The lowest BCUT2D eigenvalue weighted by Crippen LogP contribution is -2.44. The van der Waals surface area contributed by atoms with Crippen molar-refractivity contribution in [2.75, 3.05) is 26.8 Å². The van der Waals surface area contributed by atoms with E-state index < -0.39 is 5.97 Å². The number of rotatable bonds is 4. The van der Waals surface area contributed by atoms with Crippen molar-refractivity contribution in [3.05, 3.63) is 41.2 Å². The Labute approximate surface area is 149 Å². The zero-order chi connectivity index (χ0) is 18.3. The number of benzene rings is 1. The third kappa shape index (κ3) is 2.87. The van der Waals surface area contributed by atoms with Crippen molar-refractivity contribution in [3.8, 4) is 11.5 Å². The molecule has 1 amide bonds. The first kappa shape index (κ1) is 16.4. The molecule has 0 fully saturated rings. The molecule has 8 nitrogen and oxygen atoms in total. The van der Waals surface area contributed by atoms with Crippen LogP contribution in [0.2, 0.25) is 0 Å².